The molecular formula is C22H20FN3O3S. The fourth-order valence-electron chi connectivity index (χ4n) is 2.75. The summed E-state index contributed by atoms with van der Waals surface area (Å²) in [5, 5.41) is 3.78. The number of halogens is 1. The van der Waals surface area contributed by atoms with Crippen LogP contribution in [0.1, 0.15) is 27.0 Å². The Kier molecular flexibility index (Phi) is 6.27. The van der Waals surface area contributed by atoms with Gasteiger partial charge in [-0.1, -0.05) is 35.9 Å². The minimum Gasteiger partial charge on any atom is -0.279 e. The Balaban J connectivity index is 1.75. The molecule has 0 aliphatic carbocycles. The van der Waals surface area contributed by atoms with E-state index in [1.807, 2.05) is 26.0 Å². The van der Waals surface area contributed by atoms with Crippen LogP contribution in [-0.2, 0) is 10.0 Å². The van der Waals surface area contributed by atoms with E-state index in [0.29, 0.717) is 11.3 Å². The van der Waals surface area contributed by atoms with E-state index < -0.39 is 21.7 Å². The average Bonchev–Trinajstić information content (AvgIpc) is 2.70. The molecule has 0 saturated carbocycles. The van der Waals surface area contributed by atoms with Crippen LogP contribution >= 0.6 is 0 Å². The molecule has 154 valence electrons. The first-order valence-electron chi connectivity index (χ1n) is 9.04. The van der Waals surface area contributed by atoms with E-state index in [1.165, 1.54) is 48.7 Å². The molecular weight excluding hydrogens is 405 g/mol. The number of carbonyl (C=O) groups is 1. The zero-order chi connectivity index (χ0) is 21.7. The highest BCUT2D eigenvalue weighted by molar-refractivity contribution is 7.92. The third-order valence-electron chi connectivity index (χ3n) is 4.26. The summed E-state index contributed by atoms with van der Waals surface area (Å²) in [7, 11) is -3.88. The van der Waals surface area contributed by atoms with Gasteiger partial charge < -0.3 is 0 Å². The van der Waals surface area contributed by atoms with Crippen molar-refractivity contribution < 1.29 is 17.6 Å². The average molecular weight is 425 g/mol. The lowest BCUT2D eigenvalue weighted by atomic mass is 10.1. The number of aryl methyl sites for hydroxylation is 2. The largest absolute Gasteiger partial charge is 0.279 e. The van der Waals surface area contributed by atoms with Crippen LogP contribution in [-0.4, -0.2) is 20.5 Å². The molecule has 6 nitrogen and oxygen atoms in total. The molecule has 2 N–H and O–H groups in total. The molecule has 0 aromatic heterocycles. The van der Waals surface area contributed by atoms with Crippen LogP contribution in [0.2, 0.25) is 0 Å². The van der Waals surface area contributed by atoms with Crippen LogP contribution in [0.25, 0.3) is 0 Å². The Labute approximate surface area is 174 Å². The number of nitrogens with zero attached hydrogens (tertiary/aromatic N) is 1. The first-order chi connectivity index (χ1) is 14.2. The summed E-state index contributed by atoms with van der Waals surface area (Å²) in [5.74, 6) is -1.01. The third-order valence-corrected chi connectivity index (χ3v) is 5.62. The van der Waals surface area contributed by atoms with Gasteiger partial charge in [-0.05, 0) is 61.4 Å². The molecule has 0 atom stereocenters. The van der Waals surface area contributed by atoms with Crippen molar-refractivity contribution in [1.82, 2.24) is 5.43 Å². The van der Waals surface area contributed by atoms with Gasteiger partial charge in [0.2, 0.25) is 0 Å². The molecule has 3 rings (SSSR count). The predicted octanol–water partition coefficient (Wildman–Crippen LogP) is 4.01. The fraction of sp³-hybridized carbons (Fsp3) is 0.0909. The monoisotopic (exact) mass is 425 g/mol. The first-order valence-corrected chi connectivity index (χ1v) is 10.5. The summed E-state index contributed by atoms with van der Waals surface area (Å²) < 4.78 is 41.2. The molecule has 0 bridgehead atoms. The number of hydrogen-bond donors (Lipinski definition) is 2. The van der Waals surface area contributed by atoms with Gasteiger partial charge in [-0.3, -0.25) is 9.52 Å². The molecule has 0 saturated heterocycles. The van der Waals surface area contributed by atoms with Gasteiger partial charge in [0.05, 0.1) is 16.8 Å². The SMILES string of the molecule is Cc1ccc(NS(=O)(=O)c2cccc(C(=O)N/N=C/c3cccc(F)c3)c2)c(C)c1. The highest BCUT2D eigenvalue weighted by Gasteiger charge is 2.17. The molecule has 1 amide bonds. The van der Waals surface area contributed by atoms with Crippen molar-refractivity contribution in [3.63, 3.8) is 0 Å². The molecule has 3 aromatic rings. The zero-order valence-electron chi connectivity index (χ0n) is 16.4. The number of sulfonamides is 1. The number of hydrogen-bond acceptors (Lipinski definition) is 4. The highest BCUT2D eigenvalue weighted by Crippen LogP contribution is 2.21. The van der Waals surface area contributed by atoms with Crippen molar-refractivity contribution in [2.24, 2.45) is 5.10 Å². The van der Waals surface area contributed by atoms with E-state index >= 15 is 0 Å². The van der Waals surface area contributed by atoms with Crippen LogP contribution in [0.15, 0.2) is 76.7 Å². The lowest BCUT2D eigenvalue weighted by molar-refractivity contribution is 0.0955. The van der Waals surface area contributed by atoms with E-state index in [2.05, 4.69) is 15.2 Å². The number of benzene rings is 3. The Morgan fingerprint density at radius 1 is 1.00 bits per heavy atom. The molecule has 8 heteroatoms. The molecule has 0 heterocycles. The van der Waals surface area contributed by atoms with E-state index in [1.54, 1.807) is 12.1 Å². The van der Waals surface area contributed by atoms with Crippen LogP contribution < -0.4 is 10.1 Å². The molecule has 0 aliphatic heterocycles. The summed E-state index contributed by atoms with van der Waals surface area (Å²) in [5.41, 5.74) is 5.18. The molecule has 0 radical (unpaired) electrons. The summed E-state index contributed by atoms with van der Waals surface area (Å²) >= 11 is 0. The third kappa shape index (κ3) is 5.30. The number of carbonyl (C=O) groups excluding carboxylic acids is 1. The smallest absolute Gasteiger partial charge is 0.271 e. The summed E-state index contributed by atoms with van der Waals surface area (Å²) in [6, 6.07) is 16.7. The Morgan fingerprint density at radius 2 is 1.77 bits per heavy atom. The van der Waals surface area contributed by atoms with E-state index in [4.69, 9.17) is 0 Å². The molecule has 3 aromatic carbocycles. The lowest BCUT2D eigenvalue weighted by Gasteiger charge is -2.12. The number of nitrogens with one attached hydrogen (secondary N) is 2. The van der Waals surface area contributed by atoms with Crippen molar-refractivity contribution in [1.29, 1.82) is 0 Å². The van der Waals surface area contributed by atoms with Gasteiger partial charge in [-0.2, -0.15) is 5.10 Å². The van der Waals surface area contributed by atoms with Gasteiger partial charge in [0.25, 0.3) is 15.9 Å². The van der Waals surface area contributed by atoms with E-state index in [-0.39, 0.29) is 10.5 Å². The molecule has 0 aliphatic rings. The van der Waals surface area contributed by atoms with Crippen LogP contribution in [0.3, 0.4) is 0 Å². The second-order valence-electron chi connectivity index (χ2n) is 6.71. The maximum absolute atomic E-state index is 13.2. The number of anilines is 1. The topological polar surface area (TPSA) is 87.6 Å². The molecule has 0 unspecified atom stereocenters. The van der Waals surface area contributed by atoms with Gasteiger partial charge in [0.1, 0.15) is 5.82 Å². The normalized spacial score (nSPS) is 11.4. The Morgan fingerprint density at radius 3 is 2.50 bits per heavy atom. The summed E-state index contributed by atoms with van der Waals surface area (Å²) in [4.78, 5) is 12.3. The second kappa shape index (κ2) is 8.87. The lowest BCUT2D eigenvalue weighted by Crippen LogP contribution is -2.19. The summed E-state index contributed by atoms with van der Waals surface area (Å²) in [6.45, 7) is 3.73. The minimum absolute atomic E-state index is 0.0516. The van der Waals surface area contributed by atoms with Crippen molar-refractivity contribution in [3.8, 4) is 0 Å². The molecule has 30 heavy (non-hydrogen) atoms. The molecule has 0 spiro atoms. The van der Waals surface area contributed by atoms with Crippen molar-refractivity contribution in [3.05, 3.63) is 94.8 Å². The molecule has 0 fully saturated rings. The minimum atomic E-state index is -3.88. The standard InChI is InChI=1S/C22H20FN3O3S/c1-15-9-10-21(16(2)11-15)26-30(28,29)20-8-4-6-18(13-20)22(27)25-24-14-17-5-3-7-19(23)12-17/h3-14,26H,1-2H3,(H,25,27)/b24-14+. The highest BCUT2D eigenvalue weighted by atomic mass is 32.2. The fourth-order valence-corrected chi connectivity index (χ4v) is 3.93. The van der Waals surface area contributed by atoms with Crippen molar-refractivity contribution in [2.75, 3.05) is 4.72 Å². The summed E-state index contributed by atoms with van der Waals surface area (Å²) in [6.07, 6.45) is 1.29. The van der Waals surface area contributed by atoms with Gasteiger partial charge in [0.15, 0.2) is 0 Å². The van der Waals surface area contributed by atoms with Crippen LogP contribution in [0, 0.1) is 19.7 Å². The van der Waals surface area contributed by atoms with Gasteiger partial charge in [-0.25, -0.2) is 18.2 Å². The van der Waals surface area contributed by atoms with Crippen molar-refractivity contribution >= 4 is 27.8 Å². The zero-order valence-corrected chi connectivity index (χ0v) is 17.2. The number of rotatable bonds is 6. The number of amides is 1. The Hall–Kier alpha value is -3.52. The van der Waals surface area contributed by atoms with Gasteiger partial charge >= 0.3 is 0 Å². The maximum Gasteiger partial charge on any atom is 0.271 e. The second-order valence-corrected chi connectivity index (χ2v) is 8.39. The van der Waals surface area contributed by atoms with E-state index in [0.717, 1.165) is 11.1 Å². The maximum atomic E-state index is 13.2. The first kappa shape index (κ1) is 21.2. The Bertz CT molecular complexity index is 1220. The van der Waals surface area contributed by atoms with Crippen molar-refractivity contribution in [2.45, 2.75) is 18.7 Å². The van der Waals surface area contributed by atoms with Crippen LogP contribution in [0.5, 0.6) is 0 Å². The predicted molar refractivity (Wildman–Crippen MR) is 115 cm³/mol. The van der Waals surface area contributed by atoms with E-state index in [9.17, 15) is 17.6 Å². The van der Waals surface area contributed by atoms with Gasteiger partial charge in [0, 0.05) is 5.56 Å². The number of hydrazone groups is 1. The quantitative estimate of drug-likeness (QED) is 0.462. The van der Waals surface area contributed by atoms with Gasteiger partial charge in [-0.15, -0.1) is 0 Å². The van der Waals surface area contributed by atoms with Crippen LogP contribution in [0.4, 0.5) is 10.1 Å².